The predicted octanol–water partition coefficient (Wildman–Crippen LogP) is 2.84. The molecule has 2 N–H and O–H groups in total. The van der Waals surface area contributed by atoms with E-state index in [1.807, 2.05) is 0 Å². The van der Waals surface area contributed by atoms with Gasteiger partial charge >= 0.3 is 0 Å². The monoisotopic (exact) mass is 237 g/mol. The van der Waals surface area contributed by atoms with Crippen molar-refractivity contribution >= 4 is 5.96 Å². The average Bonchev–Trinajstić information content (AvgIpc) is 2.82. The highest BCUT2D eigenvalue weighted by molar-refractivity contribution is 5.80. The summed E-state index contributed by atoms with van der Waals surface area (Å²) in [6, 6.07) is 0.545. The first-order chi connectivity index (χ1) is 8.36. The van der Waals surface area contributed by atoms with Gasteiger partial charge in [-0.15, -0.1) is 0 Å². The molecule has 0 unspecified atom stereocenters. The summed E-state index contributed by atoms with van der Waals surface area (Å²) in [5, 5.41) is 6.80. The Kier molecular flexibility index (Phi) is 7.52. The fourth-order valence-electron chi connectivity index (χ4n) is 1.98. The van der Waals surface area contributed by atoms with Gasteiger partial charge in [-0.1, -0.05) is 38.3 Å². The van der Waals surface area contributed by atoms with Crippen LogP contribution < -0.4 is 10.6 Å². The third-order valence-electron chi connectivity index (χ3n) is 2.97. The lowest BCUT2D eigenvalue weighted by Crippen LogP contribution is -2.42. The molecular weight excluding hydrogens is 210 g/mol. The van der Waals surface area contributed by atoms with Crippen LogP contribution in [0.25, 0.3) is 0 Å². The standard InChI is InChI=1S/C14H27N3/c1-3-5-6-9-12-16-14(15-4-2)17-13-10-7-8-11-13/h7-8,13H,3-6,9-12H2,1-2H3,(H2,15,16,17). The first-order valence-electron chi connectivity index (χ1n) is 7.06. The zero-order valence-corrected chi connectivity index (χ0v) is 11.3. The molecule has 0 amide bonds. The van der Waals surface area contributed by atoms with Crippen LogP contribution in [0, 0.1) is 0 Å². The van der Waals surface area contributed by atoms with E-state index >= 15 is 0 Å². The Bertz CT molecular complexity index is 238. The van der Waals surface area contributed by atoms with Crippen LogP contribution >= 0.6 is 0 Å². The zero-order valence-electron chi connectivity index (χ0n) is 11.3. The maximum Gasteiger partial charge on any atom is 0.191 e. The molecule has 98 valence electrons. The fraction of sp³-hybridized carbons (Fsp3) is 0.786. The van der Waals surface area contributed by atoms with Crippen molar-refractivity contribution in [2.75, 3.05) is 13.1 Å². The van der Waals surface area contributed by atoms with Crippen molar-refractivity contribution in [3.05, 3.63) is 12.2 Å². The number of guanidine groups is 1. The van der Waals surface area contributed by atoms with Crippen molar-refractivity contribution < 1.29 is 0 Å². The van der Waals surface area contributed by atoms with Gasteiger partial charge in [0.1, 0.15) is 0 Å². The molecule has 17 heavy (non-hydrogen) atoms. The van der Waals surface area contributed by atoms with Gasteiger partial charge in [0.05, 0.1) is 0 Å². The number of nitrogens with zero attached hydrogens (tertiary/aromatic N) is 1. The second-order valence-electron chi connectivity index (χ2n) is 4.61. The first-order valence-corrected chi connectivity index (χ1v) is 7.06. The Balaban J connectivity index is 2.22. The van der Waals surface area contributed by atoms with Crippen molar-refractivity contribution in [2.24, 2.45) is 4.99 Å². The molecule has 0 bridgehead atoms. The van der Waals surface area contributed by atoms with Gasteiger partial charge in [0.2, 0.25) is 0 Å². The summed E-state index contributed by atoms with van der Waals surface area (Å²) in [6.07, 6.45) is 11.8. The maximum atomic E-state index is 4.62. The lowest BCUT2D eigenvalue weighted by Gasteiger charge is -2.16. The SMILES string of the molecule is CCCCCCN=C(NCC)NC1CC=CC1. The lowest BCUT2D eigenvalue weighted by molar-refractivity contribution is 0.627. The van der Waals surface area contributed by atoms with E-state index < -0.39 is 0 Å². The molecule has 1 rings (SSSR count). The molecule has 0 fully saturated rings. The second-order valence-corrected chi connectivity index (χ2v) is 4.61. The molecule has 0 saturated heterocycles. The van der Waals surface area contributed by atoms with Crippen molar-refractivity contribution in [3.63, 3.8) is 0 Å². The van der Waals surface area contributed by atoms with Gasteiger partial charge in [-0.3, -0.25) is 4.99 Å². The molecule has 0 heterocycles. The number of unbranched alkanes of at least 4 members (excludes halogenated alkanes) is 3. The van der Waals surface area contributed by atoms with E-state index in [4.69, 9.17) is 0 Å². The molecule has 0 atom stereocenters. The number of hydrogen-bond acceptors (Lipinski definition) is 1. The summed E-state index contributed by atoms with van der Waals surface area (Å²) in [4.78, 5) is 4.62. The number of nitrogens with one attached hydrogen (secondary N) is 2. The Morgan fingerprint density at radius 1 is 1.18 bits per heavy atom. The van der Waals surface area contributed by atoms with Gasteiger partial charge in [0, 0.05) is 19.1 Å². The lowest BCUT2D eigenvalue weighted by atomic mass is 10.2. The molecule has 3 nitrogen and oxygen atoms in total. The molecule has 0 aromatic heterocycles. The summed E-state index contributed by atoms with van der Waals surface area (Å²) in [7, 11) is 0. The Morgan fingerprint density at radius 2 is 1.94 bits per heavy atom. The van der Waals surface area contributed by atoms with Gasteiger partial charge in [-0.2, -0.15) is 0 Å². The highest BCUT2D eigenvalue weighted by Gasteiger charge is 2.10. The van der Waals surface area contributed by atoms with E-state index in [1.165, 1.54) is 25.7 Å². The molecule has 1 aliphatic rings. The van der Waals surface area contributed by atoms with Crippen molar-refractivity contribution in [2.45, 2.75) is 58.4 Å². The minimum absolute atomic E-state index is 0.545. The predicted molar refractivity (Wildman–Crippen MR) is 75.4 cm³/mol. The highest BCUT2D eigenvalue weighted by atomic mass is 15.2. The Hall–Kier alpha value is -0.990. The molecule has 3 heteroatoms. The summed E-state index contributed by atoms with van der Waals surface area (Å²) in [5.74, 6) is 0.984. The van der Waals surface area contributed by atoms with Crippen molar-refractivity contribution in [1.29, 1.82) is 0 Å². The van der Waals surface area contributed by atoms with Crippen LogP contribution in [0.4, 0.5) is 0 Å². The van der Waals surface area contributed by atoms with Crippen LogP contribution in [0.2, 0.25) is 0 Å². The van der Waals surface area contributed by atoms with Gasteiger partial charge < -0.3 is 10.6 Å². The molecule has 0 aromatic rings. The van der Waals surface area contributed by atoms with E-state index in [-0.39, 0.29) is 0 Å². The number of hydrogen-bond donors (Lipinski definition) is 2. The van der Waals surface area contributed by atoms with E-state index in [0.29, 0.717) is 6.04 Å². The van der Waals surface area contributed by atoms with E-state index in [9.17, 15) is 0 Å². The second kappa shape index (κ2) is 9.08. The zero-order chi connectivity index (χ0) is 12.3. The van der Waals surface area contributed by atoms with Crippen molar-refractivity contribution in [3.8, 4) is 0 Å². The maximum absolute atomic E-state index is 4.62. The van der Waals surface area contributed by atoms with Crippen LogP contribution in [0.15, 0.2) is 17.1 Å². The van der Waals surface area contributed by atoms with Crippen molar-refractivity contribution in [1.82, 2.24) is 10.6 Å². The normalized spacial score (nSPS) is 16.5. The van der Waals surface area contributed by atoms with Crippen LogP contribution in [-0.2, 0) is 0 Å². The van der Waals surface area contributed by atoms with Crippen LogP contribution in [0.1, 0.15) is 52.4 Å². The summed E-state index contributed by atoms with van der Waals surface area (Å²) >= 11 is 0. The van der Waals surface area contributed by atoms with Gasteiger partial charge in [-0.25, -0.2) is 0 Å². The number of rotatable bonds is 7. The third kappa shape index (κ3) is 6.35. The van der Waals surface area contributed by atoms with Crippen LogP contribution in [0.5, 0.6) is 0 Å². The highest BCUT2D eigenvalue weighted by Crippen LogP contribution is 2.08. The van der Waals surface area contributed by atoms with Crippen LogP contribution in [-0.4, -0.2) is 25.1 Å². The van der Waals surface area contributed by atoms with E-state index in [0.717, 1.165) is 31.9 Å². The first kappa shape index (κ1) is 14.1. The molecule has 0 radical (unpaired) electrons. The molecule has 0 aliphatic heterocycles. The summed E-state index contributed by atoms with van der Waals surface area (Å²) in [5.41, 5.74) is 0. The smallest absolute Gasteiger partial charge is 0.191 e. The Labute approximate surface area is 106 Å². The molecular formula is C14H27N3. The topological polar surface area (TPSA) is 36.4 Å². The minimum atomic E-state index is 0.545. The van der Waals surface area contributed by atoms with Gasteiger partial charge in [-0.05, 0) is 26.2 Å². The molecule has 1 aliphatic carbocycles. The quantitative estimate of drug-likeness (QED) is 0.309. The minimum Gasteiger partial charge on any atom is -0.357 e. The third-order valence-corrected chi connectivity index (χ3v) is 2.97. The Morgan fingerprint density at radius 3 is 2.59 bits per heavy atom. The fourth-order valence-corrected chi connectivity index (χ4v) is 1.98. The summed E-state index contributed by atoms with van der Waals surface area (Å²) < 4.78 is 0. The van der Waals surface area contributed by atoms with E-state index in [2.05, 4.69) is 41.6 Å². The largest absolute Gasteiger partial charge is 0.357 e. The molecule has 0 saturated carbocycles. The van der Waals surface area contributed by atoms with Gasteiger partial charge in [0.25, 0.3) is 0 Å². The number of aliphatic imine (C=N–C) groups is 1. The molecule has 0 spiro atoms. The summed E-state index contributed by atoms with van der Waals surface area (Å²) in [6.45, 7) is 6.22. The van der Waals surface area contributed by atoms with Crippen LogP contribution in [0.3, 0.4) is 0 Å². The van der Waals surface area contributed by atoms with E-state index in [1.54, 1.807) is 0 Å². The average molecular weight is 237 g/mol. The molecule has 0 aromatic carbocycles. The van der Waals surface area contributed by atoms with Gasteiger partial charge in [0.15, 0.2) is 5.96 Å².